The van der Waals surface area contributed by atoms with Crippen LogP contribution in [0.25, 0.3) is 16.7 Å². The first-order valence-corrected chi connectivity index (χ1v) is 5.77. The molecule has 0 saturated carbocycles. The third-order valence-corrected chi connectivity index (χ3v) is 2.99. The first-order chi connectivity index (χ1) is 9.19. The van der Waals surface area contributed by atoms with Gasteiger partial charge in [-0.05, 0) is 31.2 Å². The summed E-state index contributed by atoms with van der Waals surface area (Å²) in [6.07, 6.45) is 2.92. The van der Waals surface area contributed by atoms with E-state index in [1.54, 1.807) is 18.2 Å². The summed E-state index contributed by atoms with van der Waals surface area (Å²) >= 11 is 0. The van der Waals surface area contributed by atoms with Crippen LogP contribution in [0.5, 0.6) is 0 Å². The van der Waals surface area contributed by atoms with Crippen LogP contribution in [-0.4, -0.2) is 9.55 Å². The van der Waals surface area contributed by atoms with Gasteiger partial charge in [0, 0.05) is 11.8 Å². The normalized spacial score (nSPS) is 10.5. The third kappa shape index (κ3) is 1.79. The van der Waals surface area contributed by atoms with E-state index in [-0.39, 0.29) is 0 Å². The fourth-order valence-electron chi connectivity index (χ4n) is 2.14. The van der Waals surface area contributed by atoms with Crippen LogP contribution in [-0.2, 0) is 0 Å². The number of imidazole rings is 1. The SMILES string of the molecule is Cc1nc2cc[n+]([O-])cc2n1-c1ccc(C#N)cc1. The van der Waals surface area contributed by atoms with Crippen molar-refractivity contribution in [3.63, 3.8) is 0 Å². The average Bonchev–Trinajstić information content (AvgIpc) is 2.74. The maximum absolute atomic E-state index is 11.4. The van der Waals surface area contributed by atoms with E-state index in [1.807, 2.05) is 23.6 Å². The molecule has 0 atom stereocenters. The highest BCUT2D eigenvalue weighted by Crippen LogP contribution is 2.20. The molecule has 3 aromatic rings. The maximum Gasteiger partial charge on any atom is 0.206 e. The Morgan fingerprint density at radius 1 is 1.26 bits per heavy atom. The van der Waals surface area contributed by atoms with Crippen LogP contribution in [0.4, 0.5) is 0 Å². The van der Waals surface area contributed by atoms with Gasteiger partial charge in [-0.1, -0.05) is 0 Å². The van der Waals surface area contributed by atoms with Crippen molar-refractivity contribution >= 4 is 11.0 Å². The lowest BCUT2D eigenvalue weighted by molar-refractivity contribution is -0.604. The van der Waals surface area contributed by atoms with Crippen molar-refractivity contribution in [3.05, 3.63) is 59.3 Å². The molecular formula is C14H10N4O. The molecule has 5 heteroatoms. The summed E-state index contributed by atoms with van der Waals surface area (Å²) in [6.45, 7) is 1.88. The monoisotopic (exact) mass is 250 g/mol. The molecule has 0 radical (unpaired) electrons. The van der Waals surface area contributed by atoms with Gasteiger partial charge < -0.3 is 5.21 Å². The van der Waals surface area contributed by atoms with Gasteiger partial charge in [-0.3, -0.25) is 4.57 Å². The van der Waals surface area contributed by atoms with Gasteiger partial charge in [0.25, 0.3) is 0 Å². The largest absolute Gasteiger partial charge is 0.619 e. The minimum absolute atomic E-state index is 0.602. The molecule has 0 aliphatic heterocycles. The number of aromatic nitrogens is 3. The Balaban J connectivity index is 2.26. The van der Waals surface area contributed by atoms with Gasteiger partial charge in [-0.15, -0.1) is 0 Å². The van der Waals surface area contributed by atoms with Crippen LogP contribution in [0.2, 0.25) is 0 Å². The van der Waals surface area contributed by atoms with E-state index in [9.17, 15) is 5.21 Å². The number of nitrogens with zero attached hydrogens (tertiary/aromatic N) is 4. The fourth-order valence-corrected chi connectivity index (χ4v) is 2.14. The fraction of sp³-hybridized carbons (Fsp3) is 0.0714. The average molecular weight is 250 g/mol. The third-order valence-electron chi connectivity index (χ3n) is 2.99. The lowest BCUT2D eigenvalue weighted by Crippen LogP contribution is -2.24. The highest BCUT2D eigenvalue weighted by molar-refractivity contribution is 5.76. The van der Waals surface area contributed by atoms with Crippen molar-refractivity contribution in [2.24, 2.45) is 0 Å². The molecule has 3 rings (SSSR count). The van der Waals surface area contributed by atoms with Crippen molar-refractivity contribution < 1.29 is 4.73 Å². The first kappa shape index (κ1) is 11.2. The molecule has 92 valence electrons. The zero-order chi connectivity index (χ0) is 13.4. The van der Waals surface area contributed by atoms with Gasteiger partial charge >= 0.3 is 0 Å². The van der Waals surface area contributed by atoms with E-state index >= 15 is 0 Å². The van der Waals surface area contributed by atoms with Crippen molar-refractivity contribution in [1.29, 1.82) is 5.26 Å². The highest BCUT2D eigenvalue weighted by atomic mass is 16.5. The topological polar surface area (TPSA) is 68.5 Å². The van der Waals surface area contributed by atoms with E-state index in [2.05, 4.69) is 11.1 Å². The molecule has 19 heavy (non-hydrogen) atoms. The van der Waals surface area contributed by atoms with Gasteiger partial charge in [0.2, 0.25) is 6.20 Å². The number of hydrogen-bond donors (Lipinski definition) is 0. The van der Waals surface area contributed by atoms with Gasteiger partial charge in [0.15, 0.2) is 6.20 Å². The zero-order valence-corrected chi connectivity index (χ0v) is 10.2. The van der Waals surface area contributed by atoms with Crippen molar-refractivity contribution in [3.8, 4) is 11.8 Å². The second-order valence-electron chi connectivity index (χ2n) is 4.23. The smallest absolute Gasteiger partial charge is 0.206 e. The molecule has 0 aliphatic carbocycles. The number of aryl methyl sites for hydroxylation is 1. The number of benzene rings is 1. The Kier molecular flexibility index (Phi) is 2.43. The van der Waals surface area contributed by atoms with Crippen LogP contribution in [0, 0.1) is 23.5 Å². The summed E-state index contributed by atoms with van der Waals surface area (Å²) in [5.41, 5.74) is 3.00. The Bertz CT molecular complexity index is 797. The molecule has 0 saturated heterocycles. The van der Waals surface area contributed by atoms with Gasteiger partial charge in [-0.2, -0.15) is 9.99 Å². The van der Waals surface area contributed by atoms with Crippen molar-refractivity contribution in [2.45, 2.75) is 6.92 Å². The summed E-state index contributed by atoms with van der Waals surface area (Å²) < 4.78 is 2.65. The molecule has 5 nitrogen and oxygen atoms in total. The minimum atomic E-state index is 0.602. The van der Waals surface area contributed by atoms with Crippen LogP contribution < -0.4 is 4.73 Å². The number of hydrogen-bond acceptors (Lipinski definition) is 3. The number of fused-ring (bicyclic) bond motifs is 1. The van der Waals surface area contributed by atoms with E-state index in [4.69, 9.17) is 5.26 Å². The van der Waals surface area contributed by atoms with Crippen LogP contribution in [0.1, 0.15) is 11.4 Å². The highest BCUT2D eigenvalue weighted by Gasteiger charge is 2.11. The molecule has 0 fully saturated rings. The Hall–Kier alpha value is -2.87. The summed E-state index contributed by atoms with van der Waals surface area (Å²) in [6, 6.07) is 10.9. The van der Waals surface area contributed by atoms with Crippen molar-refractivity contribution in [2.75, 3.05) is 0 Å². The maximum atomic E-state index is 11.4. The predicted octanol–water partition coefficient (Wildman–Crippen LogP) is 1.84. The van der Waals surface area contributed by atoms with Gasteiger partial charge in [0.1, 0.15) is 16.9 Å². The standard InChI is InChI=1S/C14H10N4O/c1-10-16-13-6-7-17(19)9-14(13)18(10)12-4-2-11(8-15)3-5-12/h2-7,9H,1H3. The predicted molar refractivity (Wildman–Crippen MR) is 69.5 cm³/mol. The van der Waals surface area contributed by atoms with Crippen LogP contribution in [0.3, 0.4) is 0 Å². The molecule has 0 spiro atoms. The molecule has 2 heterocycles. The number of nitriles is 1. The molecule has 0 aliphatic rings. The summed E-state index contributed by atoms with van der Waals surface area (Å²) in [7, 11) is 0. The summed E-state index contributed by atoms with van der Waals surface area (Å²) in [5.74, 6) is 0.797. The summed E-state index contributed by atoms with van der Waals surface area (Å²) in [5, 5.41) is 20.2. The van der Waals surface area contributed by atoms with Crippen LogP contribution >= 0.6 is 0 Å². The lowest BCUT2D eigenvalue weighted by Gasteiger charge is -2.06. The lowest BCUT2D eigenvalue weighted by atomic mass is 10.2. The molecule has 0 amide bonds. The van der Waals surface area contributed by atoms with Gasteiger partial charge in [-0.25, -0.2) is 4.98 Å². The molecule has 1 aromatic carbocycles. The van der Waals surface area contributed by atoms with Crippen molar-refractivity contribution in [1.82, 2.24) is 9.55 Å². The van der Waals surface area contributed by atoms with E-state index in [0.29, 0.717) is 5.56 Å². The molecule has 0 unspecified atom stereocenters. The number of pyridine rings is 1. The molecular weight excluding hydrogens is 240 g/mol. The Morgan fingerprint density at radius 2 is 2.00 bits per heavy atom. The van der Waals surface area contributed by atoms with E-state index in [0.717, 1.165) is 27.3 Å². The van der Waals surface area contributed by atoms with E-state index < -0.39 is 0 Å². The number of rotatable bonds is 1. The second-order valence-corrected chi connectivity index (χ2v) is 4.23. The van der Waals surface area contributed by atoms with Crippen LogP contribution in [0.15, 0.2) is 42.7 Å². The first-order valence-electron chi connectivity index (χ1n) is 5.77. The zero-order valence-electron chi connectivity index (χ0n) is 10.2. The second kappa shape index (κ2) is 4.10. The Morgan fingerprint density at radius 3 is 2.68 bits per heavy atom. The molecule has 0 bridgehead atoms. The van der Waals surface area contributed by atoms with E-state index in [1.165, 1.54) is 12.4 Å². The molecule has 2 aromatic heterocycles. The van der Waals surface area contributed by atoms with Gasteiger partial charge in [0.05, 0.1) is 11.6 Å². The molecule has 0 N–H and O–H groups in total. The quantitative estimate of drug-likeness (QED) is 0.489. The summed E-state index contributed by atoms with van der Waals surface area (Å²) in [4.78, 5) is 4.42. The minimum Gasteiger partial charge on any atom is -0.619 e. The Labute approximate surface area is 109 Å².